The highest BCUT2D eigenvalue weighted by molar-refractivity contribution is 7.89. The van der Waals surface area contributed by atoms with E-state index in [0.29, 0.717) is 18.7 Å². The van der Waals surface area contributed by atoms with E-state index in [1.165, 1.54) is 17.7 Å². The molecule has 0 aliphatic carbocycles. The van der Waals surface area contributed by atoms with Crippen molar-refractivity contribution in [3.8, 4) is 0 Å². The summed E-state index contributed by atoms with van der Waals surface area (Å²) in [5.74, 6) is -0.921. The summed E-state index contributed by atoms with van der Waals surface area (Å²) in [5, 5.41) is 0. The van der Waals surface area contributed by atoms with Gasteiger partial charge < -0.3 is 9.64 Å². The van der Waals surface area contributed by atoms with Gasteiger partial charge in [-0.05, 0) is 35.2 Å². The van der Waals surface area contributed by atoms with Crippen LogP contribution >= 0.6 is 0 Å². The number of carbonyl (C=O) groups excluding carboxylic acids is 2. The van der Waals surface area contributed by atoms with E-state index in [9.17, 15) is 18.0 Å². The fraction of sp³-hybridized carbons (Fsp3) is 0.300. The van der Waals surface area contributed by atoms with Crippen molar-refractivity contribution in [1.82, 2.24) is 4.90 Å². The standard InChI is InChI=1S/C20H21NO5S/c1-27(24,25)14-15-6-8-17(9-7-15)20(23)26-13-19(22)21-11-10-16-4-2-3-5-18(16)12-21/h2-9H,10-14H2,1H3. The predicted molar refractivity (Wildman–Crippen MR) is 101 cm³/mol. The summed E-state index contributed by atoms with van der Waals surface area (Å²) in [6.07, 6.45) is 1.94. The van der Waals surface area contributed by atoms with Crippen molar-refractivity contribution in [3.63, 3.8) is 0 Å². The SMILES string of the molecule is CS(=O)(=O)Cc1ccc(C(=O)OCC(=O)N2CCc3ccccc3C2)cc1. The fourth-order valence-corrected chi connectivity index (χ4v) is 3.85. The Kier molecular flexibility index (Phi) is 5.60. The molecule has 0 atom stereocenters. The first kappa shape index (κ1) is 19.1. The Labute approximate surface area is 158 Å². The molecule has 0 saturated heterocycles. The molecule has 2 aromatic carbocycles. The number of ether oxygens (including phenoxy) is 1. The third kappa shape index (κ3) is 5.17. The molecule has 0 radical (unpaired) electrons. The number of hydrogen-bond acceptors (Lipinski definition) is 5. The number of rotatable bonds is 5. The maximum Gasteiger partial charge on any atom is 0.338 e. The molecule has 7 heteroatoms. The molecular weight excluding hydrogens is 366 g/mol. The molecule has 0 N–H and O–H groups in total. The maximum atomic E-state index is 12.3. The first-order chi connectivity index (χ1) is 12.8. The van der Waals surface area contributed by atoms with Crippen molar-refractivity contribution in [1.29, 1.82) is 0 Å². The Morgan fingerprint density at radius 3 is 2.37 bits per heavy atom. The van der Waals surface area contributed by atoms with Gasteiger partial charge in [0.1, 0.15) is 0 Å². The Morgan fingerprint density at radius 1 is 1.04 bits per heavy atom. The normalized spacial score (nSPS) is 13.7. The predicted octanol–water partition coefficient (Wildman–Crippen LogP) is 1.97. The quantitative estimate of drug-likeness (QED) is 0.733. The zero-order chi connectivity index (χ0) is 19.4. The van der Waals surface area contributed by atoms with E-state index >= 15 is 0 Å². The molecule has 6 nitrogen and oxygen atoms in total. The van der Waals surface area contributed by atoms with E-state index in [1.54, 1.807) is 17.0 Å². The van der Waals surface area contributed by atoms with Crippen LogP contribution in [0.5, 0.6) is 0 Å². The lowest BCUT2D eigenvalue weighted by Crippen LogP contribution is -2.38. The lowest BCUT2D eigenvalue weighted by molar-refractivity contribution is -0.135. The molecule has 0 aromatic heterocycles. The van der Waals surface area contributed by atoms with Crippen LogP contribution in [0.15, 0.2) is 48.5 Å². The number of benzene rings is 2. The Hall–Kier alpha value is -2.67. The summed E-state index contributed by atoms with van der Waals surface area (Å²) in [6, 6.07) is 14.1. The monoisotopic (exact) mass is 387 g/mol. The molecule has 0 fully saturated rings. The number of esters is 1. The molecule has 1 heterocycles. The summed E-state index contributed by atoms with van der Waals surface area (Å²) in [6.45, 7) is 0.812. The molecule has 0 bridgehead atoms. The summed E-state index contributed by atoms with van der Waals surface area (Å²) < 4.78 is 27.7. The zero-order valence-electron chi connectivity index (χ0n) is 15.1. The Morgan fingerprint density at radius 2 is 1.70 bits per heavy atom. The van der Waals surface area contributed by atoms with Gasteiger partial charge in [-0.2, -0.15) is 0 Å². The van der Waals surface area contributed by atoms with Gasteiger partial charge in [-0.3, -0.25) is 4.79 Å². The second-order valence-corrected chi connectivity index (χ2v) is 8.82. The molecule has 1 amide bonds. The van der Waals surface area contributed by atoms with Crippen molar-refractivity contribution in [2.75, 3.05) is 19.4 Å². The van der Waals surface area contributed by atoms with Crippen molar-refractivity contribution < 1.29 is 22.7 Å². The second kappa shape index (κ2) is 7.92. The third-order valence-electron chi connectivity index (χ3n) is 4.43. The van der Waals surface area contributed by atoms with E-state index in [1.807, 2.05) is 18.2 Å². The van der Waals surface area contributed by atoms with Gasteiger partial charge >= 0.3 is 5.97 Å². The van der Waals surface area contributed by atoms with Gasteiger partial charge in [0.15, 0.2) is 16.4 Å². The van der Waals surface area contributed by atoms with Crippen LogP contribution in [-0.4, -0.2) is 44.6 Å². The minimum atomic E-state index is -3.13. The van der Waals surface area contributed by atoms with Gasteiger partial charge in [-0.15, -0.1) is 0 Å². The first-order valence-corrected chi connectivity index (χ1v) is 10.7. The van der Waals surface area contributed by atoms with Crippen LogP contribution in [-0.2, 0) is 38.1 Å². The minimum absolute atomic E-state index is 0.0861. The topological polar surface area (TPSA) is 80.7 Å². The van der Waals surface area contributed by atoms with E-state index in [-0.39, 0.29) is 23.8 Å². The smallest absolute Gasteiger partial charge is 0.338 e. The maximum absolute atomic E-state index is 12.3. The molecule has 0 unspecified atom stereocenters. The molecule has 2 aromatic rings. The fourth-order valence-electron chi connectivity index (χ4n) is 3.05. The van der Waals surface area contributed by atoms with Crippen molar-refractivity contribution in [2.24, 2.45) is 0 Å². The summed E-state index contributed by atoms with van der Waals surface area (Å²) in [5.41, 5.74) is 3.23. The van der Waals surface area contributed by atoms with Gasteiger partial charge in [0.25, 0.3) is 5.91 Å². The molecule has 0 spiro atoms. The van der Waals surface area contributed by atoms with E-state index < -0.39 is 15.8 Å². The van der Waals surface area contributed by atoms with Crippen LogP contribution in [0.1, 0.15) is 27.0 Å². The van der Waals surface area contributed by atoms with E-state index in [0.717, 1.165) is 18.2 Å². The van der Waals surface area contributed by atoms with E-state index in [2.05, 4.69) is 6.07 Å². The second-order valence-electron chi connectivity index (χ2n) is 6.68. The zero-order valence-corrected chi connectivity index (χ0v) is 15.9. The highest BCUT2D eigenvalue weighted by Crippen LogP contribution is 2.18. The van der Waals surface area contributed by atoms with Crippen molar-refractivity contribution >= 4 is 21.7 Å². The van der Waals surface area contributed by atoms with Gasteiger partial charge in [0, 0.05) is 19.3 Å². The molecule has 1 aliphatic rings. The molecule has 3 rings (SSSR count). The van der Waals surface area contributed by atoms with Crippen molar-refractivity contribution in [3.05, 3.63) is 70.8 Å². The minimum Gasteiger partial charge on any atom is -0.452 e. The van der Waals surface area contributed by atoms with Crippen LogP contribution < -0.4 is 0 Å². The lowest BCUT2D eigenvalue weighted by atomic mass is 10.00. The Balaban J connectivity index is 1.54. The number of amides is 1. The van der Waals surface area contributed by atoms with Gasteiger partial charge in [0.2, 0.25) is 0 Å². The van der Waals surface area contributed by atoms with E-state index in [4.69, 9.17) is 4.74 Å². The van der Waals surface area contributed by atoms with Crippen LogP contribution in [0.25, 0.3) is 0 Å². The third-order valence-corrected chi connectivity index (χ3v) is 5.29. The summed E-state index contributed by atoms with van der Waals surface area (Å²) in [7, 11) is -3.13. The van der Waals surface area contributed by atoms with Crippen LogP contribution in [0, 0.1) is 0 Å². The average Bonchev–Trinajstić information content (AvgIpc) is 2.64. The van der Waals surface area contributed by atoms with Gasteiger partial charge in [-0.25, -0.2) is 13.2 Å². The number of fused-ring (bicyclic) bond motifs is 1. The number of carbonyl (C=O) groups is 2. The van der Waals surface area contributed by atoms with Crippen LogP contribution in [0.2, 0.25) is 0 Å². The van der Waals surface area contributed by atoms with Crippen LogP contribution in [0.3, 0.4) is 0 Å². The number of sulfone groups is 1. The molecular formula is C20H21NO5S. The Bertz CT molecular complexity index is 951. The summed E-state index contributed by atoms with van der Waals surface area (Å²) >= 11 is 0. The van der Waals surface area contributed by atoms with Crippen LogP contribution in [0.4, 0.5) is 0 Å². The first-order valence-electron chi connectivity index (χ1n) is 8.60. The van der Waals surface area contributed by atoms with Crippen molar-refractivity contribution in [2.45, 2.75) is 18.7 Å². The highest BCUT2D eigenvalue weighted by atomic mass is 32.2. The summed E-state index contributed by atoms with van der Waals surface area (Å²) in [4.78, 5) is 26.1. The molecule has 27 heavy (non-hydrogen) atoms. The number of hydrogen-bond donors (Lipinski definition) is 0. The largest absolute Gasteiger partial charge is 0.452 e. The highest BCUT2D eigenvalue weighted by Gasteiger charge is 2.21. The number of nitrogens with zero attached hydrogens (tertiary/aromatic N) is 1. The molecule has 142 valence electrons. The molecule has 0 saturated carbocycles. The van der Waals surface area contributed by atoms with Gasteiger partial charge in [-0.1, -0.05) is 36.4 Å². The average molecular weight is 387 g/mol. The van der Waals surface area contributed by atoms with Gasteiger partial charge in [0.05, 0.1) is 11.3 Å². The molecule has 1 aliphatic heterocycles. The lowest BCUT2D eigenvalue weighted by Gasteiger charge is -2.28.